The van der Waals surface area contributed by atoms with E-state index < -0.39 is 49.5 Å². The summed E-state index contributed by atoms with van der Waals surface area (Å²) >= 11 is 0. The second kappa shape index (κ2) is 41.2. The van der Waals surface area contributed by atoms with Crippen LogP contribution < -0.4 is 5.32 Å². The Morgan fingerprint density at radius 3 is 1.53 bits per heavy atom. The molecule has 1 aliphatic heterocycles. The fourth-order valence-electron chi connectivity index (χ4n) is 7.74. The van der Waals surface area contributed by atoms with Crippen molar-refractivity contribution in [2.75, 3.05) is 13.2 Å². The van der Waals surface area contributed by atoms with E-state index in [-0.39, 0.29) is 12.5 Å². The summed E-state index contributed by atoms with van der Waals surface area (Å²) in [5.74, 6) is -0.149. The molecule has 1 amide bonds. The van der Waals surface area contributed by atoms with Crippen molar-refractivity contribution in [3.05, 3.63) is 48.6 Å². The van der Waals surface area contributed by atoms with Crippen LogP contribution in [-0.4, -0.2) is 87.5 Å². The van der Waals surface area contributed by atoms with E-state index in [1.54, 1.807) is 0 Å². The number of hydrogen-bond donors (Lipinski definition) is 6. The second-order valence-corrected chi connectivity index (χ2v) is 17.2. The molecule has 6 N–H and O–H groups in total. The molecule has 0 spiro atoms. The van der Waals surface area contributed by atoms with Crippen molar-refractivity contribution in [1.82, 2.24) is 5.32 Å². The van der Waals surface area contributed by atoms with Crippen LogP contribution in [0.4, 0.5) is 0 Å². The first-order chi connectivity index (χ1) is 29.3. The molecule has 0 aromatic carbocycles. The van der Waals surface area contributed by atoms with Gasteiger partial charge in [-0.25, -0.2) is 0 Å². The number of ether oxygens (including phenoxy) is 2. The minimum Gasteiger partial charge on any atom is -0.394 e. The molecule has 1 rings (SSSR count). The third-order valence-electron chi connectivity index (χ3n) is 11.7. The zero-order valence-electron chi connectivity index (χ0n) is 38.5. The molecule has 1 heterocycles. The van der Waals surface area contributed by atoms with Crippen molar-refractivity contribution in [3.63, 3.8) is 0 Å². The van der Waals surface area contributed by atoms with Gasteiger partial charge < -0.3 is 40.3 Å². The van der Waals surface area contributed by atoms with Crippen LogP contribution in [0.25, 0.3) is 0 Å². The van der Waals surface area contributed by atoms with Gasteiger partial charge in [-0.1, -0.05) is 204 Å². The maximum Gasteiger partial charge on any atom is 0.220 e. The molecule has 1 fully saturated rings. The van der Waals surface area contributed by atoms with Crippen LogP contribution in [0.2, 0.25) is 0 Å². The molecule has 0 radical (unpaired) electrons. The molecule has 350 valence electrons. The molecular weight excluding hydrogens is 755 g/mol. The molecule has 60 heavy (non-hydrogen) atoms. The van der Waals surface area contributed by atoms with E-state index in [0.29, 0.717) is 12.8 Å². The van der Waals surface area contributed by atoms with Crippen molar-refractivity contribution in [1.29, 1.82) is 0 Å². The molecule has 0 aromatic heterocycles. The van der Waals surface area contributed by atoms with Crippen LogP contribution in [0.5, 0.6) is 0 Å². The number of unbranched alkanes of at least 4 members (excludes halogenated alkanes) is 23. The smallest absolute Gasteiger partial charge is 0.220 e. The van der Waals surface area contributed by atoms with Crippen molar-refractivity contribution >= 4 is 5.91 Å². The van der Waals surface area contributed by atoms with Gasteiger partial charge in [-0.2, -0.15) is 0 Å². The van der Waals surface area contributed by atoms with Gasteiger partial charge >= 0.3 is 0 Å². The molecular formula is C51H93NO8. The minimum atomic E-state index is -1.55. The summed E-state index contributed by atoms with van der Waals surface area (Å²) in [6, 6.07) is -0.719. The number of nitrogens with one attached hydrogen (secondary N) is 1. The van der Waals surface area contributed by atoms with Gasteiger partial charge in [0.1, 0.15) is 24.4 Å². The molecule has 9 heteroatoms. The molecule has 9 nitrogen and oxygen atoms in total. The lowest BCUT2D eigenvalue weighted by molar-refractivity contribution is -0.302. The highest BCUT2D eigenvalue weighted by Gasteiger charge is 2.44. The highest BCUT2D eigenvalue weighted by atomic mass is 16.7. The normalized spacial score (nSPS) is 20.9. The van der Waals surface area contributed by atoms with E-state index in [4.69, 9.17) is 9.47 Å². The Morgan fingerprint density at radius 2 is 1.03 bits per heavy atom. The molecule has 1 saturated heterocycles. The van der Waals surface area contributed by atoms with E-state index in [2.05, 4.69) is 67.8 Å². The quantitative estimate of drug-likeness (QED) is 0.0263. The summed E-state index contributed by atoms with van der Waals surface area (Å²) in [5, 5.41) is 54.4. The summed E-state index contributed by atoms with van der Waals surface area (Å²) in [6.07, 6.45) is 45.5. The van der Waals surface area contributed by atoms with Gasteiger partial charge in [0.2, 0.25) is 5.91 Å². The van der Waals surface area contributed by atoms with Crippen LogP contribution in [0, 0.1) is 0 Å². The molecule has 0 saturated carbocycles. The Kier molecular flexibility index (Phi) is 38.5. The van der Waals surface area contributed by atoms with Crippen molar-refractivity contribution < 1.29 is 39.8 Å². The van der Waals surface area contributed by atoms with E-state index in [1.165, 1.54) is 122 Å². The average Bonchev–Trinajstić information content (AvgIpc) is 3.25. The SMILES string of the molecule is CC/C=C\C/C=C\C/C=C\C/C=C\CCCCCCCCCCCCCCC(=O)NC(COC1OC(CO)C(O)C(O)C1O)C(O)CCCCCCCCCCCCCC. The summed E-state index contributed by atoms with van der Waals surface area (Å²) in [4.78, 5) is 13.0. The summed E-state index contributed by atoms with van der Waals surface area (Å²) in [6.45, 7) is 3.71. The zero-order chi connectivity index (χ0) is 43.7. The van der Waals surface area contributed by atoms with Gasteiger partial charge in [0.25, 0.3) is 0 Å². The number of rotatable bonds is 41. The van der Waals surface area contributed by atoms with Crippen LogP contribution in [0.15, 0.2) is 48.6 Å². The van der Waals surface area contributed by atoms with Gasteiger partial charge in [-0.3, -0.25) is 4.79 Å². The average molecular weight is 848 g/mol. The van der Waals surface area contributed by atoms with Crippen molar-refractivity contribution in [3.8, 4) is 0 Å². The molecule has 7 atom stereocenters. The first-order valence-electron chi connectivity index (χ1n) is 24.8. The van der Waals surface area contributed by atoms with Crippen LogP contribution >= 0.6 is 0 Å². The summed E-state index contributed by atoms with van der Waals surface area (Å²) in [5.41, 5.74) is 0. The summed E-state index contributed by atoms with van der Waals surface area (Å²) < 4.78 is 11.3. The monoisotopic (exact) mass is 848 g/mol. The zero-order valence-corrected chi connectivity index (χ0v) is 38.5. The highest BCUT2D eigenvalue weighted by molar-refractivity contribution is 5.76. The topological polar surface area (TPSA) is 149 Å². The Bertz CT molecular complexity index is 1080. The van der Waals surface area contributed by atoms with Gasteiger partial charge in [0, 0.05) is 6.42 Å². The van der Waals surface area contributed by atoms with E-state index in [0.717, 1.165) is 64.2 Å². The number of allylic oxidation sites excluding steroid dienone is 8. The lowest BCUT2D eigenvalue weighted by Gasteiger charge is -2.40. The van der Waals surface area contributed by atoms with E-state index in [1.807, 2.05) is 0 Å². The van der Waals surface area contributed by atoms with E-state index in [9.17, 15) is 30.3 Å². The van der Waals surface area contributed by atoms with E-state index >= 15 is 0 Å². The largest absolute Gasteiger partial charge is 0.394 e. The number of carbonyl (C=O) groups excluding carboxylic acids is 1. The maximum atomic E-state index is 13.0. The predicted molar refractivity (Wildman–Crippen MR) is 249 cm³/mol. The van der Waals surface area contributed by atoms with Crippen LogP contribution in [0.1, 0.15) is 213 Å². The highest BCUT2D eigenvalue weighted by Crippen LogP contribution is 2.23. The third-order valence-corrected chi connectivity index (χ3v) is 11.7. The van der Waals surface area contributed by atoms with Gasteiger partial charge in [0.05, 0.1) is 25.4 Å². The predicted octanol–water partition coefficient (Wildman–Crippen LogP) is 11.0. The molecule has 0 aromatic rings. The maximum absolute atomic E-state index is 13.0. The number of carbonyl (C=O) groups is 1. The van der Waals surface area contributed by atoms with Crippen molar-refractivity contribution in [2.45, 2.75) is 256 Å². The number of hydrogen-bond acceptors (Lipinski definition) is 8. The molecule has 1 aliphatic rings. The number of aliphatic hydroxyl groups excluding tert-OH is 5. The Balaban J connectivity index is 2.22. The lowest BCUT2D eigenvalue weighted by Crippen LogP contribution is -2.60. The Morgan fingerprint density at radius 1 is 0.583 bits per heavy atom. The first-order valence-corrected chi connectivity index (χ1v) is 24.8. The molecule has 7 unspecified atom stereocenters. The van der Waals surface area contributed by atoms with Gasteiger partial charge in [-0.15, -0.1) is 0 Å². The molecule has 0 bridgehead atoms. The molecule has 0 aliphatic carbocycles. The fraction of sp³-hybridized carbons (Fsp3) is 0.824. The lowest BCUT2D eigenvalue weighted by atomic mass is 9.99. The van der Waals surface area contributed by atoms with Gasteiger partial charge in [-0.05, 0) is 51.4 Å². The van der Waals surface area contributed by atoms with Gasteiger partial charge in [0.15, 0.2) is 6.29 Å². The van der Waals surface area contributed by atoms with Crippen LogP contribution in [0.3, 0.4) is 0 Å². The number of amides is 1. The first kappa shape index (κ1) is 56.2. The minimum absolute atomic E-state index is 0.139. The van der Waals surface area contributed by atoms with Crippen molar-refractivity contribution in [2.24, 2.45) is 0 Å². The summed E-state index contributed by atoms with van der Waals surface area (Å²) in [7, 11) is 0. The Labute approximate surface area is 367 Å². The third kappa shape index (κ3) is 31.1. The fourth-order valence-corrected chi connectivity index (χ4v) is 7.74. The van der Waals surface area contributed by atoms with Crippen LogP contribution in [-0.2, 0) is 14.3 Å². The standard InChI is InChI=1S/C51H93NO8/c1-3-5-7-9-11-13-15-17-18-19-20-21-22-23-24-25-26-27-28-29-31-33-35-37-39-41-47(55)52-44(43-59-51-50(58)49(57)48(56)46(42-53)60-51)45(54)40-38-36-34-32-30-16-14-12-10-8-6-4-2/h5,7,11,13,17-18,20-21,44-46,48-51,53-54,56-58H,3-4,6,8-10,12,14-16,19,22-43H2,1-2H3,(H,52,55)/b7-5-,13-11-,18-17-,21-20-. The number of aliphatic hydroxyl groups is 5. The Hall–Kier alpha value is -1.85. The second-order valence-electron chi connectivity index (χ2n) is 17.2.